The predicted molar refractivity (Wildman–Crippen MR) is 79.0 cm³/mol. The molecule has 19 heavy (non-hydrogen) atoms. The van der Waals surface area contributed by atoms with E-state index in [0.717, 1.165) is 0 Å². The van der Waals surface area contributed by atoms with E-state index in [1.807, 2.05) is 0 Å². The van der Waals surface area contributed by atoms with Crippen LogP contribution in [0.15, 0.2) is 36.4 Å². The molecule has 98 valence electrons. The number of amidine groups is 1. The molecule has 0 aliphatic heterocycles. The van der Waals surface area contributed by atoms with Gasteiger partial charge in [0.25, 0.3) is 0 Å². The summed E-state index contributed by atoms with van der Waals surface area (Å²) < 4.78 is 5.64. The lowest BCUT2D eigenvalue weighted by molar-refractivity contribution is 0.482. The summed E-state index contributed by atoms with van der Waals surface area (Å²) in [6, 6.07) is 9.86. The molecule has 6 heteroatoms. The van der Waals surface area contributed by atoms with E-state index in [1.54, 1.807) is 36.4 Å². The Labute approximate surface area is 125 Å². The molecule has 0 amide bonds. The second kappa shape index (κ2) is 5.70. The van der Waals surface area contributed by atoms with Gasteiger partial charge in [-0.1, -0.05) is 40.9 Å². The van der Waals surface area contributed by atoms with Gasteiger partial charge in [0.15, 0.2) is 0 Å². The van der Waals surface area contributed by atoms with E-state index >= 15 is 0 Å². The number of nitrogens with one attached hydrogen (secondary N) is 1. The van der Waals surface area contributed by atoms with Gasteiger partial charge in [-0.05, 0) is 30.3 Å². The van der Waals surface area contributed by atoms with Gasteiger partial charge < -0.3 is 10.5 Å². The molecule has 0 bridgehead atoms. The van der Waals surface area contributed by atoms with E-state index in [9.17, 15) is 0 Å². The molecule has 2 aromatic carbocycles. The first-order chi connectivity index (χ1) is 8.99. The average molecular weight is 316 g/mol. The highest BCUT2D eigenvalue weighted by molar-refractivity contribution is 6.42. The molecule has 0 aliphatic rings. The summed E-state index contributed by atoms with van der Waals surface area (Å²) in [6.45, 7) is 0. The summed E-state index contributed by atoms with van der Waals surface area (Å²) in [7, 11) is 0. The number of halogens is 3. The van der Waals surface area contributed by atoms with Crippen LogP contribution in [0.3, 0.4) is 0 Å². The van der Waals surface area contributed by atoms with Crippen molar-refractivity contribution in [3.05, 3.63) is 57.0 Å². The highest BCUT2D eigenvalue weighted by Crippen LogP contribution is 2.36. The van der Waals surface area contributed by atoms with Gasteiger partial charge in [-0.15, -0.1) is 0 Å². The van der Waals surface area contributed by atoms with Crippen molar-refractivity contribution < 1.29 is 4.74 Å². The fourth-order valence-corrected chi connectivity index (χ4v) is 1.99. The number of benzene rings is 2. The quantitative estimate of drug-likeness (QED) is 0.636. The van der Waals surface area contributed by atoms with Crippen LogP contribution >= 0.6 is 34.8 Å². The van der Waals surface area contributed by atoms with Crippen molar-refractivity contribution in [1.29, 1.82) is 5.41 Å². The second-order valence-corrected chi connectivity index (χ2v) is 4.93. The minimum absolute atomic E-state index is 0.143. The first kappa shape index (κ1) is 14.0. The van der Waals surface area contributed by atoms with Gasteiger partial charge in [-0.2, -0.15) is 0 Å². The van der Waals surface area contributed by atoms with E-state index < -0.39 is 0 Å². The van der Waals surface area contributed by atoms with Crippen molar-refractivity contribution in [2.75, 3.05) is 0 Å². The molecule has 0 unspecified atom stereocenters. The van der Waals surface area contributed by atoms with Gasteiger partial charge in [-0.25, -0.2) is 0 Å². The maximum Gasteiger partial charge on any atom is 0.147 e. The Balaban J connectivity index is 2.44. The van der Waals surface area contributed by atoms with Gasteiger partial charge in [-0.3, -0.25) is 5.41 Å². The van der Waals surface area contributed by atoms with Crippen LogP contribution in [0, 0.1) is 5.41 Å². The van der Waals surface area contributed by atoms with Crippen molar-refractivity contribution in [2.24, 2.45) is 5.73 Å². The largest absolute Gasteiger partial charge is 0.455 e. The Morgan fingerprint density at radius 3 is 2.47 bits per heavy atom. The monoisotopic (exact) mass is 314 g/mol. The van der Waals surface area contributed by atoms with Crippen LogP contribution in [-0.4, -0.2) is 5.84 Å². The minimum Gasteiger partial charge on any atom is -0.455 e. The number of rotatable bonds is 3. The molecule has 2 rings (SSSR count). The number of nitrogen functional groups attached to an aromatic ring is 1. The van der Waals surface area contributed by atoms with Gasteiger partial charge in [0.05, 0.1) is 10.6 Å². The molecule has 0 saturated heterocycles. The molecule has 0 heterocycles. The lowest BCUT2D eigenvalue weighted by atomic mass is 10.2. The Morgan fingerprint density at radius 2 is 1.79 bits per heavy atom. The zero-order valence-electron chi connectivity index (χ0n) is 9.58. The lowest BCUT2D eigenvalue weighted by Gasteiger charge is -2.12. The molecular formula is C13H9Cl3N2O. The maximum absolute atomic E-state index is 7.51. The van der Waals surface area contributed by atoms with Crippen LogP contribution in [-0.2, 0) is 0 Å². The molecule has 0 atom stereocenters. The zero-order chi connectivity index (χ0) is 14.0. The molecule has 0 aliphatic carbocycles. The first-order valence-electron chi connectivity index (χ1n) is 5.25. The normalized spacial score (nSPS) is 10.3. The lowest BCUT2D eigenvalue weighted by Crippen LogP contribution is -2.12. The Bertz CT molecular complexity index is 644. The first-order valence-corrected chi connectivity index (χ1v) is 6.38. The molecule has 3 N–H and O–H groups in total. The van der Waals surface area contributed by atoms with Crippen LogP contribution in [0.5, 0.6) is 11.5 Å². The molecule has 2 aromatic rings. The Hall–Kier alpha value is -1.42. The van der Waals surface area contributed by atoms with Crippen LogP contribution in [0.1, 0.15) is 5.56 Å². The third-order valence-corrected chi connectivity index (χ3v) is 3.40. The Kier molecular flexibility index (Phi) is 4.20. The van der Waals surface area contributed by atoms with Crippen LogP contribution < -0.4 is 10.5 Å². The zero-order valence-corrected chi connectivity index (χ0v) is 11.9. The topological polar surface area (TPSA) is 59.1 Å². The molecular weight excluding hydrogens is 307 g/mol. The van der Waals surface area contributed by atoms with Gasteiger partial charge >= 0.3 is 0 Å². The van der Waals surface area contributed by atoms with Crippen molar-refractivity contribution in [2.45, 2.75) is 0 Å². The summed E-state index contributed by atoms with van der Waals surface area (Å²) in [4.78, 5) is 0. The third kappa shape index (κ3) is 3.13. The van der Waals surface area contributed by atoms with E-state index in [1.165, 1.54) is 0 Å². The summed E-state index contributed by atoms with van der Waals surface area (Å²) in [5.74, 6) is 0.635. The van der Waals surface area contributed by atoms with Crippen LogP contribution in [0.25, 0.3) is 0 Å². The average Bonchev–Trinajstić information content (AvgIpc) is 2.36. The van der Waals surface area contributed by atoms with E-state index in [2.05, 4.69) is 0 Å². The number of hydrogen-bond acceptors (Lipinski definition) is 2. The summed E-state index contributed by atoms with van der Waals surface area (Å²) >= 11 is 17.8. The van der Waals surface area contributed by atoms with Gasteiger partial charge in [0, 0.05) is 5.02 Å². The van der Waals surface area contributed by atoms with E-state index in [-0.39, 0.29) is 5.84 Å². The highest BCUT2D eigenvalue weighted by atomic mass is 35.5. The summed E-state index contributed by atoms with van der Waals surface area (Å²) in [5, 5.41) is 8.67. The van der Waals surface area contributed by atoms with Gasteiger partial charge in [0.1, 0.15) is 22.4 Å². The van der Waals surface area contributed by atoms with Gasteiger partial charge in [0.2, 0.25) is 0 Å². The Morgan fingerprint density at radius 1 is 1.05 bits per heavy atom. The van der Waals surface area contributed by atoms with Crippen molar-refractivity contribution in [3.8, 4) is 11.5 Å². The van der Waals surface area contributed by atoms with Crippen LogP contribution in [0.4, 0.5) is 0 Å². The molecule has 0 fully saturated rings. The molecule has 3 nitrogen and oxygen atoms in total. The minimum atomic E-state index is -0.143. The SMILES string of the molecule is N=C(N)c1cc(Cl)ccc1Oc1cccc(Cl)c1Cl. The summed E-state index contributed by atoms with van der Waals surface area (Å²) in [6.07, 6.45) is 0. The highest BCUT2D eigenvalue weighted by Gasteiger charge is 2.12. The predicted octanol–water partition coefficient (Wildman–Crippen LogP) is 4.72. The summed E-state index contributed by atoms with van der Waals surface area (Å²) in [5.41, 5.74) is 5.88. The maximum atomic E-state index is 7.51. The number of nitrogens with two attached hydrogens (primary N) is 1. The molecule has 0 aromatic heterocycles. The van der Waals surface area contributed by atoms with E-state index in [0.29, 0.717) is 32.1 Å². The van der Waals surface area contributed by atoms with E-state index in [4.69, 9.17) is 50.7 Å². The second-order valence-electron chi connectivity index (χ2n) is 3.71. The van der Waals surface area contributed by atoms with Crippen molar-refractivity contribution >= 4 is 40.6 Å². The third-order valence-electron chi connectivity index (χ3n) is 2.37. The van der Waals surface area contributed by atoms with Crippen molar-refractivity contribution in [1.82, 2.24) is 0 Å². The fraction of sp³-hybridized carbons (Fsp3) is 0. The number of ether oxygens (including phenoxy) is 1. The standard InChI is InChI=1S/C13H9Cl3N2O/c14-7-4-5-10(8(6-7)13(17)18)19-11-3-1-2-9(15)12(11)16/h1-6H,(H3,17,18). The smallest absolute Gasteiger partial charge is 0.147 e. The fourth-order valence-electron chi connectivity index (χ4n) is 1.48. The van der Waals surface area contributed by atoms with Crippen LogP contribution in [0.2, 0.25) is 15.1 Å². The molecule has 0 saturated carbocycles. The molecule has 0 spiro atoms. The molecule has 0 radical (unpaired) electrons. The van der Waals surface area contributed by atoms with Crippen molar-refractivity contribution in [3.63, 3.8) is 0 Å². The number of hydrogen-bond donors (Lipinski definition) is 2.